The number of nitrogens with one attached hydrogen (secondary N) is 2. The van der Waals surface area contributed by atoms with E-state index in [4.69, 9.17) is 0 Å². The van der Waals surface area contributed by atoms with Gasteiger partial charge in [-0.3, -0.25) is 4.79 Å². The number of aliphatic hydroxyl groups is 1. The first-order valence-corrected chi connectivity index (χ1v) is 7.21. The maximum absolute atomic E-state index is 11.9. The van der Waals surface area contributed by atoms with E-state index in [1.54, 1.807) is 0 Å². The first kappa shape index (κ1) is 15.4. The van der Waals surface area contributed by atoms with Crippen LogP contribution >= 0.6 is 0 Å². The Morgan fingerprint density at radius 1 is 1.28 bits per heavy atom. The van der Waals surface area contributed by atoms with Gasteiger partial charge in [0.1, 0.15) is 0 Å². The maximum atomic E-state index is 11.9. The van der Waals surface area contributed by atoms with Gasteiger partial charge in [0.05, 0.1) is 12.1 Å². The molecular formula is C14H28N2O2. The topological polar surface area (TPSA) is 61.4 Å². The van der Waals surface area contributed by atoms with Crippen molar-refractivity contribution in [2.24, 2.45) is 5.92 Å². The third-order valence-electron chi connectivity index (χ3n) is 3.50. The van der Waals surface area contributed by atoms with Crippen LogP contribution in [0.4, 0.5) is 0 Å². The van der Waals surface area contributed by atoms with E-state index >= 15 is 0 Å². The summed E-state index contributed by atoms with van der Waals surface area (Å²) in [7, 11) is 0. The number of carbonyl (C=O) groups is 1. The van der Waals surface area contributed by atoms with E-state index in [0.717, 1.165) is 19.3 Å². The van der Waals surface area contributed by atoms with Crippen LogP contribution < -0.4 is 10.6 Å². The SMILES string of the molecule is CC(C)CC(O)CNC(C)C(=O)NC1CCCC1. The molecule has 0 radical (unpaired) electrons. The predicted molar refractivity (Wildman–Crippen MR) is 73.3 cm³/mol. The van der Waals surface area contributed by atoms with Crippen molar-refractivity contribution in [3.63, 3.8) is 0 Å². The van der Waals surface area contributed by atoms with Gasteiger partial charge < -0.3 is 15.7 Å². The zero-order chi connectivity index (χ0) is 13.5. The van der Waals surface area contributed by atoms with Crippen molar-refractivity contribution >= 4 is 5.91 Å². The van der Waals surface area contributed by atoms with Crippen molar-refractivity contribution in [2.45, 2.75) is 71.1 Å². The molecule has 1 aliphatic rings. The van der Waals surface area contributed by atoms with Crippen LogP contribution in [0.25, 0.3) is 0 Å². The quantitative estimate of drug-likeness (QED) is 0.646. The van der Waals surface area contributed by atoms with E-state index < -0.39 is 0 Å². The molecule has 18 heavy (non-hydrogen) atoms. The molecular weight excluding hydrogens is 228 g/mol. The van der Waals surface area contributed by atoms with Crippen LogP contribution in [0.2, 0.25) is 0 Å². The molecule has 0 aromatic heterocycles. The molecule has 1 amide bonds. The molecule has 1 saturated carbocycles. The average Bonchev–Trinajstić information content (AvgIpc) is 2.77. The predicted octanol–water partition coefficient (Wildman–Crippen LogP) is 1.43. The van der Waals surface area contributed by atoms with Crippen LogP contribution in [0.15, 0.2) is 0 Å². The van der Waals surface area contributed by atoms with Gasteiger partial charge >= 0.3 is 0 Å². The van der Waals surface area contributed by atoms with Crippen molar-refractivity contribution in [2.75, 3.05) is 6.54 Å². The number of amides is 1. The second-order valence-electron chi connectivity index (χ2n) is 5.90. The fraction of sp³-hybridized carbons (Fsp3) is 0.929. The molecule has 0 aromatic rings. The Kier molecular flexibility index (Phi) is 6.65. The van der Waals surface area contributed by atoms with Gasteiger partial charge in [0.2, 0.25) is 5.91 Å². The van der Waals surface area contributed by atoms with Crippen LogP contribution in [0, 0.1) is 5.92 Å². The molecule has 0 heterocycles. The molecule has 0 aliphatic heterocycles. The minimum atomic E-state index is -0.369. The largest absolute Gasteiger partial charge is 0.392 e. The molecule has 1 fully saturated rings. The number of rotatable bonds is 7. The standard InChI is InChI=1S/C14H28N2O2/c1-10(2)8-13(17)9-15-11(3)14(18)16-12-6-4-5-7-12/h10-13,15,17H,4-9H2,1-3H3,(H,16,18). The van der Waals surface area contributed by atoms with Crippen LogP contribution in [0.3, 0.4) is 0 Å². The summed E-state index contributed by atoms with van der Waals surface area (Å²) in [5.74, 6) is 0.531. The van der Waals surface area contributed by atoms with Gasteiger partial charge in [-0.2, -0.15) is 0 Å². The number of hydrogen-bond donors (Lipinski definition) is 3. The van der Waals surface area contributed by atoms with E-state index in [1.165, 1.54) is 12.8 Å². The second kappa shape index (κ2) is 7.74. The van der Waals surface area contributed by atoms with E-state index in [0.29, 0.717) is 18.5 Å². The smallest absolute Gasteiger partial charge is 0.237 e. The average molecular weight is 256 g/mol. The summed E-state index contributed by atoms with van der Waals surface area (Å²) in [4.78, 5) is 11.9. The van der Waals surface area contributed by atoms with Gasteiger partial charge in [-0.1, -0.05) is 26.7 Å². The number of carbonyl (C=O) groups excluding carboxylic acids is 1. The summed E-state index contributed by atoms with van der Waals surface area (Å²) in [5, 5.41) is 15.9. The van der Waals surface area contributed by atoms with Gasteiger partial charge in [-0.15, -0.1) is 0 Å². The summed E-state index contributed by atoms with van der Waals surface area (Å²) in [5.41, 5.74) is 0. The van der Waals surface area contributed by atoms with Crippen LogP contribution in [0.5, 0.6) is 0 Å². The molecule has 1 aliphatic carbocycles. The first-order chi connectivity index (χ1) is 8.49. The lowest BCUT2D eigenvalue weighted by Gasteiger charge is -2.20. The molecule has 0 aromatic carbocycles. The third-order valence-corrected chi connectivity index (χ3v) is 3.50. The Hall–Kier alpha value is -0.610. The van der Waals surface area contributed by atoms with Crippen molar-refractivity contribution in [1.82, 2.24) is 10.6 Å². The minimum Gasteiger partial charge on any atom is -0.392 e. The van der Waals surface area contributed by atoms with Crippen LogP contribution in [-0.2, 0) is 4.79 Å². The molecule has 106 valence electrons. The molecule has 2 atom stereocenters. The molecule has 3 N–H and O–H groups in total. The van der Waals surface area contributed by atoms with E-state index in [1.807, 2.05) is 6.92 Å². The van der Waals surface area contributed by atoms with E-state index in [9.17, 15) is 9.90 Å². The normalized spacial score (nSPS) is 20.1. The van der Waals surface area contributed by atoms with Crippen molar-refractivity contribution in [1.29, 1.82) is 0 Å². The molecule has 0 spiro atoms. The zero-order valence-corrected chi connectivity index (χ0v) is 11.9. The number of aliphatic hydroxyl groups excluding tert-OH is 1. The van der Waals surface area contributed by atoms with Crippen LogP contribution in [0.1, 0.15) is 52.9 Å². The molecule has 2 unspecified atom stereocenters. The van der Waals surface area contributed by atoms with Crippen molar-refractivity contribution < 1.29 is 9.90 Å². The summed E-state index contributed by atoms with van der Waals surface area (Å²) in [6.07, 6.45) is 5.05. The van der Waals surface area contributed by atoms with E-state index in [-0.39, 0.29) is 18.1 Å². The van der Waals surface area contributed by atoms with Gasteiger partial charge in [0, 0.05) is 12.6 Å². The highest BCUT2D eigenvalue weighted by molar-refractivity contribution is 5.81. The second-order valence-corrected chi connectivity index (χ2v) is 5.90. The lowest BCUT2D eigenvalue weighted by Crippen LogP contribution is -2.47. The monoisotopic (exact) mass is 256 g/mol. The van der Waals surface area contributed by atoms with Gasteiger partial charge in [0.25, 0.3) is 0 Å². The summed E-state index contributed by atoms with van der Waals surface area (Å²) >= 11 is 0. The van der Waals surface area contributed by atoms with Crippen molar-refractivity contribution in [3.05, 3.63) is 0 Å². The zero-order valence-electron chi connectivity index (χ0n) is 11.9. The minimum absolute atomic E-state index is 0.0543. The molecule has 4 nitrogen and oxygen atoms in total. The lowest BCUT2D eigenvalue weighted by atomic mass is 10.1. The fourth-order valence-electron chi connectivity index (χ4n) is 2.43. The number of hydrogen-bond acceptors (Lipinski definition) is 3. The third kappa shape index (κ3) is 5.83. The highest BCUT2D eigenvalue weighted by Gasteiger charge is 2.20. The first-order valence-electron chi connectivity index (χ1n) is 7.21. The lowest BCUT2D eigenvalue weighted by molar-refractivity contribution is -0.123. The van der Waals surface area contributed by atoms with E-state index in [2.05, 4.69) is 24.5 Å². The highest BCUT2D eigenvalue weighted by atomic mass is 16.3. The molecule has 0 bridgehead atoms. The summed E-state index contributed by atoms with van der Waals surface area (Å²) in [6, 6.07) is 0.134. The van der Waals surface area contributed by atoms with Gasteiger partial charge in [0.15, 0.2) is 0 Å². The molecule has 4 heteroatoms. The fourth-order valence-corrected chi connectivity index (χ4v) is 2.43. The molecule has 1 rings (SSSR count). The Balaban J connectivity index is 2.18. The Bertz CT molecular complexity index is 250. The van der Waals surface area contributed by atoms with Gasteiger partial charge in [-0.25, -0.2) is 0 Å². The molecule has 0 saturated heterocycles. The Labute approximate surface area is 111 Å². The maximum Gasteiger partial charge on any atom is 0.237 e. The summed E-state index contributed by atoms with van der Waals surface area (Å²) < 4.78 is 0. The Morgan fingerprint density at radius 3 is 2.44 bits per heavy atom. The van der Waals surface area contributed by atoms with Gasteiger partial charge in [-0.05, 0) is 32.1 Å². The highest BCUT2D eigenvalue weighted by Crippen LogP contribution is 2.17. The Morgan fingerprint density at radius 2 is 1.89 bits per heavy atom. The van der Waals surface area contributed by atoms with Crippen LogP contribution in [-0.4, -0.2) is 35.7 Å². The summed E-state index contributed by atoms with van der Waals surface area (Å²) in [6.45, 7) is 6.50. The van der Waals surface area contributed by atoms with Crippen molar-refractivity contribution in [3.8, 4) is 0 Å².